The maximum Gasteiger partial charge on any atom is 0.283 e. The Labute approximate surface area is 214 Å². The van der Waals surface area contributed by atoms with Crippen LogP contribution in [0.5, 0.6) is 0 Å². The zero-order chi connectivity index (χ0) is 24.2. The van der Waals surface area contributed by atoms with Crippen LogP contribution in [0.4, 0.5) is 10.8 Å². The number of rotatable bonds is 6. The average Bonchev–Trinajstić information content (AvgIpc) is 3.61. The minimum absolute atomic E-state index is 0.0549. The molecule has 0 unspecified atom stereocenters. The highest BCUT2D eigenvalue weighted by Gasteiger charge is 2.32. The van der Waals surface area contributed by atoms with Crippen LogP contribution in [0.3, 0.4) is 0 Å². The Kier molecular flexibility index (Phi) is 6.80. The number of aromatic nitrogens is 1. The standard InChI is InChI=1S/C25H17ClN4O3S2/c26-17-10-8-16(9-11-17)21-14-34-24(27-21)29-22(31)15-35-25-28-20(13-19-7-4-12-33-19)23(32)30(25)18-5-2-1-3-6-18/h1-14H,15H2,(H,27,29,31)/b20-13-. The minimum Gasteiger partial charge on any atom is -0.465 e. The van der Waals surface area contributed by atoms with Crippen LogP contribution in [0.2, 0.25) is 5.02 Å². The monoisotopic (exact) mass is 520 g/mol. The molecule has 5 rings (SSSR count). The molecule has 4 aromatic rings. The van der Waals surface area contributed by atoms with E-state index in [2.05, 4.69) is 15.3 Å². The first-order valence-corrected chi connectivity index (χ1v) is 12.7. The predicted octanol–water partition coefficient (Wildman–Crippen LogP) is 6.17. The molecule has 0 radical (unpaired) electrons. The normalized spacial score (nSPS) is 14.4. The Hall–Kier alpha value is -3.66. The number of benzene rings is 2. The van der Waals surface area contributed by atoms with Crippen LogP contribution < -0.4 is 10.2 Å². The molecule has 0 atom stereocenters. The number of aliphatic imine (C=N–C) groups is 1. The molecule has 0 aliphatic carbocycles. The molecule has 3 heterocycles. The molecule has 2 amide bonds. The molecule has 2 aromatic heterocycles. The zero-order valence-corrected chi connectivity index (χ0v) is 20.4. The van der Waals surface area contributed by atoms with E-state index < -0.39 is 0 Å². The van der Waals surface area contributed by atoms with Crippen molar-refractivity contribution in [3.8, 4) is 11.3 Å². The third-order valence-corrected chi connectivity index (χ3v) is 6.84. The van der Waals surface area contributed by atoms with Gasteiger partial charge in [-0.25, -0.2) is 9.98 Å². The lowest BCUT2D eigenvalue weighted by Crippen LogP contribution is -2.31. The van der Waals surface area contributed by atoms with Gasteiger partial charge in [-0.05, 0) is 36.4 Å². The summed E-state index contributed by atoms with van der Waals surface area (Å²) in [6, 6.07) is 20.0. The summed E-state index contributed by atoms with van der Waals surface area (Å²) in [7, 11) is 0. The van der Waals surface area contributed by atoms with Gasteiger partial charge in [0.25, 0.3) is 5.91 Å². The first-order chi connectivity index (χ1) is 17.1. The van der Waals surface area contributed by atoms with Gasteiger partial charge in [0, 0.05) is 22.0 Å². The summed E-state index contributed by atoms with van der Waals surface area (Å²) >= 11 is 8.45. The van der Waals surface area contributed by atoms with Crippen LogP contribution in [0.15, 0.2) is 93.5 Å². The molecule has 1 aliphatic rings. The van der Waals surface area contributed by atoms with Crippen molar-refractivity contribution in [1.82, 2.24) is 4.98 Å². The lowest BCUT2D eigenvalue weighted by Gasteiger charge is -2.17. The molecule has 2 aromatic carbocycles. The van der Waals surface area contributed by atoms with Crippen LogP contribution in [0.25, 0.3) is 17.3 Å². The number of thioether (sulfide) groups is 1. The second-order valence-corrected chi connectivity index (χ2v) is 9.53. The first kappa shape index (κ1) is 23.1. The van der Waals surface area contributed by atoms with Gasteiger partial charge in [-0.15, -0.1) is 11.3 Å². The topological polar surface area (TPSA) is 87.8 Å². The van der Waals surface area contributed by atoms with Gasteiger partial charge in [0.05, 0.1) is 23.4 Å². The fourth-order valence-corrected chi connectivity index (χ4v) is 4.95. The molecule has 1 N–H and O–H groups in total. The number of hydrogen-bond donors (Lipinski definition) is 1. The van der Waals surface area contributed by atoms with Gasteiger partial charge in [-0.1, -0.05) is 53.7 Å². The summed E-state index contributed by atoms with van der Waals surface area (Å²) < 4.78 is 5.32. The third kappa shape index (κ3) is 5.37. The highest BCUT2D eigenvalue weighted by Crippen LogP contribution is 2.30. The molecule has 35 heavy (non-hydrogen) atoms. The van der Waals surface area contributed by atoms with Crippen molar-refractivity contribution in [3.05, 3.63) is 94.9 Å². The molecule has 0 spiro atoms. The molecule has 10 heteroatoms. The van der Waals surface area contributed by atoms with Crippen molar-refractivity contribution in [3.63, 3.8) is 0 Å². The van der Waals surface area contributed by atoms with E-state index >= 15 is 0 Å². The molecular formula is C25H17ClN4O3S2. The average molecular weight is 521 g/mol. The maximum atomic E-state index is 13.1. The number of hydrogen-bond acceptors (Lipinski definition) is 7. The summed E-state index contributed by atoms with van der Waals surface area (Å²) in [6.45, 7) is 0. The number of carbonyl (C=O) groups excluding carboxylic acids is 2. The number of nitrogens with zero attached hydrogens (tertiary/aromatic N) is 3. The Morgan fingerprint density at radius 3 is 2.66 bits per heavy atom. The van der Waals surface area contributed by atoms with E-state index in [0.29, 0.717) is 26.8 Å². The van der Waals surface area contributed by atoms with E-state index in [9.17, 15) is 9.59 Å². The highest BCUT2D eigenvalue weighted by molar-refractivity contribution is 8.14. The van der Waals surface area contributed by atoms with E-state index in [1.54, 1.807) is 30.3 Å². The summed E-state index contributed by atoms with van der Waals surface area (Å²) in [6.07, 6.45) is 3.11. The van der Waals surface area contributed by atoms with Crippen LogP contribution in [-0.2, 0) is 9.59 Å². The van der Waals surface area contributed by atoms with Gasteiger partial charge in [0.2, 0.25) is 5.91 Å². The van der Waals surface area contributed by atoms with Gasteiger partial charge in [-0.2, -0.15) is 0 Å². The third-order valence-electron chi connectivity index (χ3n) is 4.89. The molecule has 0 saturated heterocycles. The largest absolute Gasteiger partial charge is 0.465 e. The zero-order valence-electron chi connectivity index (χ0n) is 18.1. The van der Waals surface area contributed by atoms with Crippen LogP contribution in [0.1, 0.15) is 5.76 Å². The van der Waals surface area contributed by atoms with Crippen molar-refractivity contribution < 1.29 is 14.0 Å². The second-order valence-electron chi connectivity index (χ2n) is 7.30. The van der Waals surface area contributed by atoms with Crippen LogP contribution in [0, 0.1) is 0 Å². The molecule has 174 valence electrons. The quantitative estimate of drug-likeness (QED) is 0.307. The molecule has 0 saturated carbocycles. The number of furan rings is 1. The smallest absolute Gasteiger partial charge is 0.283 e. The van der Waals surface area contributed by atoms with E-state index in [4.69, 9.17) is 16.0 Å². The van der Waals surface area contributed by atoms with Crippen LogP contribution in [-0.4, -0.2) is 27.7 Å². The van der Waals surface area contributed by atoms with Crippen LogP contribution >= 0.6 is 34.7 Å². The van der Waals surface area contributed by atoms with Crippen molar-refractivity contribution in [2.75, 3.05) is 16.0 Å². The SMILES string of the molecule is O=C(CSC1=N/C(=C\c2ccco2)C(=O)N1c1ccccc1)Nc1nc(-c2ccc(Cl)cc2)cs1. The molecular weight excluding hydrogens is 504 g/mol. The molecule has 1 aliphatic heterocycles. The van der Waals surface area contributed by atoms with Gasteiger partial charge < -0.3 is 9.73 Å². The summed E-state index contributed by atoms with van der Waals surface area (Å²) in [4.78, 5) is 36.2. The fourth-order valence-electron chi connectivity index (χ4n) is 3.28. The van der Waals surface area contributed by atoms with Crippen molar-refractivity contribution in [2.24, 2.45) is 4.99 Å². The van der Waals surface area contributed by atoms with E-state index in [1.165, 1.54) is 34.3 Å². The lowest BCUT2D eigenvalue weighted by molar-refractivity contribution is -0.114. The minimum atomic E-state index is -0.289. The molecule has 7 nitrogen and oxygen atoms in total. The Morgan fingerprint density at radius 1 is 1.11 bits per heavy atom. The Balaban J connectivity index is 1.29. The Bertz CT molecular complexity index is 1410. The van der Waals surface area contributed by atoms with E-state index in [1.807, 2.05) is 47.8 Å². The van der Waals surface area contributed by atoms with E-state index in [-0.39, 0.29) is 23.3 Å². The van der Waals surface area contributed by atoms with Gasteiger partial charge in [0.15, 0.2) is 10.3 Å². The number of carbonyl (C=O) groups is 2. The highest BCUT2D eigenvalue weighted by atomic mass is 35.5. The predicted molar refractivity (Wildman–Crippen MR) is 142 cm³/mol. The Morgan fingerprint density at radius 2 is 1.91 bits per heavy atom. The number of para-hydroxylation sites is 1. The lowest BCUT2D eigenvalue weighted by atomic mass is 10.2. The van der Waals surface area contributed by atoms with Crippen molar-refractivity contribution in [1.29, 1.82) is 0 Å². The summed E-state index contributed by atoms with van der Waals surface area (Å²) in [5.41, 5.74) is 2.57. The maximum absolute atomic E-state index is 13.1. The number of thiazole rings is 1. The summed E-state index contributed by atoms with van der Waals surface area (Å²) in [5, 5.41) is 6.23. The molecule has 0 bridgehead atoms. The second kappa shape index (κ2) is 10.3. The number of halogens is 1. The number of anilines is 2. The van der Waals surface area contributed by atoms with Crippen molar-refractivity contribution >= 4 is 68.6 Å². The number of amidine groups is 1. The number of amides is 2. The van der Waals surface area contributed by atoms with Gasteiger partial charge >= 0.3 is 0 Å². The van der Waals surface area contributed by atoms with Gasteiger partial charge in [0.1, 0.15) is 11.5 Å². The van der Waals surface area contributed by atoms with Gasteiger partial charge in [-0.3, -0.25) is 14.5 Å². The summed E-state index contributed by atoms with van der Waals surface area (Å²) in [5.74, 6) is 0.0373. The first-order valence-electron chi connectivity index (χ1n) is 10.4. The number of nitrogens with one attached hydrogen (secondary N) is 1. The van der Waals surface area contributed by atoms with Crippen molar-refractivity contribution in [2.45, 2.75) is 0 Å². The molecule has 0 fully saturated rings. The van der Waals surface area contributed by atoms with E-state index in [0.717, 1.165) is 11.3 Å². The fraction of sp³-hybridized carbons (Fsp3) is 0.0400.